The molecule has 0 saturated heterocycles. The Morgan fingerprint density at radius 2 is 2.14 bits per heavy atom. The van der Waals surface area contributed by atoms with Crippen molar-refractivity contribution < 1.29 is 24.2 Å². The molecule has 0 saturated carbocycles. The SMILES string of the molecule is CCC(C)C(NC(=O)c1csc(NC(=O)COC)n1)C(=O)O. The molecule has 0 radical (unpaired) electrons. The molecule has 0 bridgehead atoms. The number of ether oxygens (including phenoxy) is 1. The topological polar surface area (TPSA) is 118 Å². The predicted octanol–water partition coefficient (Wildman–Crippen LogP) is 0.957. The maximum Gasteiger partial charge on any atom is 0.326 e. The van der Waals surface area contributed by atoms with Crippen molar-refractivity contribution in [3.63, 3.8) is 0 Å². The molecule has 22 heavy (non-hydrogen) atoms. The molecule has 2 atom stereocenters. The molecule has 2 unspecified atom stereocenters. The lowest BCUT2D eigenvalue weighted by atomic mass is 9.99. The van der Waals surface area contributed by atoms with Crippen LogP contribution in [0.5, 0.6) is 0 Å². The van der Waals surface area contributed by atoms with E-state index in [1.54, 1.807) is 6.92 Å². The van der Waals surface area contributed by atoms with E-state index in [-0.39, 0.29) is 29.3 Å². The Balaban J connectivity index is 2.71. The highest BCUT2D eigenvalue weighted by Gasteiger charge is 2.26. The molecule has 2 amide bonds. The molecule has 1 aromatic rings. The van der Waals surface area contributed by atoms with Gasteiger partial charge in [0.2, 0.25) is 0 Å². The smallest absolute Gasteiger partial charge is 0.326 e. The van der Waals surface area contributed by atoms with Gasteiger partial charge in [-0.15, -0.1) is 11.3 Å². The summed E-state index contributed by atoms with van der Waals surface area (Å²) in [5, 5.41) is 15.8. The van der Waals surface area contributed by atoms with Crippen LogP contribution in [0, 0.1) is 5.92 Å². The van der Waals surface area contributed by atoms with Crippen molar-refractivity contribution in [2.24, 2.45) is 5.92 Å². The number of methoxy groups -OCH3 is 1. The number of nitrogens with zero attached hydrogens (tertiary/aromatic N) is 1. The first-order valence-corrected chi connectivity index (χ1v) is 7.55. The zero-order valence-corrected chi connectivity index (χ0v) is 13.4. The van der Waals surface area contributed by atoms with Crippen LogP contribution in [0.2, 0.25) is 0 Å². The van der Waals surface area contributed by atoms with Gasteiger partial charge in [-0.2, -0.15) is 0 Å². The number of nitrogens with one attached hydrogen (secondary N) is 2. The monoisotopic (exact) mass is 329 g/mol. The van der Waals surface area contributed by atoms with Gasteiger partial charge in [-0.3, -0.25) is 14.9 Å². The third-order valence-electron chi connectivity index (χ3n) is 3.02. The molecule has 122 valence electrons. The van der Waals surface area contributed by atoms with Crippen molar-refractivity contribution in [2.45, 2.75) is 26.3 Å². The van der Waals surface area contributed by atoms with E-state index in [4.69, 9.17) is 5.11 Å². The van der Waals surface area contributed by atoms with Crippen LogP contribution in [-0.2, 0) is 14.3 Å². The largest absolute Gasteiger partial charge is 0.480 e. The van der Waals surface area contributed by atoms with Crippen LogP contribution in [0.25, 0.3) is 0 Å². The Hall–Kier alpha value is -2.00. The lowest BCUT2D eigenvalue weighted by Gasteiger charge is -2.19. The maximum atomic E-state index is 12.0. The van der Waals surface area contributed by atoms with E-state index in [2.05, 4.69) is 20.4 Å². The molecule has 8 nitrogen and oxygen atoms in total. The number of carbonyl (C=O) groups excluding carboxylic acids is 2. The molecule has 0 aromatic carbocycles. The summed E-state index contributed by atoms with van der Waals surface area (Å²) in [6.07, 6.45) is 0.618. The molecular weight excluding hydrogens is 310 g/mol. The fourth-order valence-corrected chi connectivity index (χ4v) is 2.33. The van der Waals surface area contributed by atoms with Crippen molar-refractivity contribution >= 4 is 34.3 Å². The molecule has 0 aliphatic carbocycles. The average Bonchev–Trinajstić information content (AvgIpc) is 2.92. The molecular formula is C13H19N3O5S. The van der Waals surface area contributed by atoms with Crippen LogP contribution < -0.4 is 10.6 Å². The Kier molecular flexibility index (Phi) is 6.93. The second-order valence-corrected chi connectivity index (χ2v) is 5.55. The van der Waals surface area contributed by atoms with Gasteiger partial charge in [-0.1, -0.05) is 20.3 Å². The first-order chi connectivity index (χ1) is 10.4. The van der Waals surface area contributed by atoms with Crippen molar-refractivity contribution in [1.29, 1.82) is 0 Å². The maximum absolute atomic E-state index is 12.0. The van der Waals surface area contributed by atoms with Crippen LogP contribution in [-0.4, -0.2) is 47.6 Å². The zero-order chi connectivity index (χ0) is 16.7. The van der Waals surface area contributed by atoms with Gasteiger partial charge in [0.05, 0.1) is 0 Å². The highest BCUT2D eigenvalue weighted by atomic mass is 32.1. The van der Waals surface area contributed by atoms with Crippen LogP contribution in [0.15, 0.2) is 5.38 Å². The number of carboxylic acids is 1. The lowest BCUT2D eigenvalue weighted by molar-refractivity contribution is -0.140. The van der Waals surface area contributed by atoms with E-state index >= 15 is 0 Å². The van der Waals surface area contributed by atoms with Gasteiger partial charge in [0.15, 0.2) is 5.13 Å². The number of rotatable bonds is 8. The number of hydrogen-bond donors (Lipinski definition) is 3. The number of amides is 2. The van der Waals surface area contributed by atoms with Crippen molar-refractivity contribution in [3.8, 4) is 0 Å². The Morgan fingerprint density at radius 3 is 2.68 bits per heavy atom. The van der Waals surface area contributed by atoms with Gasteiger partial charge in [0.25, 0.3) is 11.8 Å². The average molecular weight is 329 g/mol. The van der Waals surface area contributed by atoms with Crippen LogP contribution >= 0.6 is 11.3 Å². The normalized spacial score (nSPS) is 13.2. The third kappa shape index (κ3) is 5.08. The predicted molar refractivity (Wildman–Crippen MR) is 81.0 cm³/mol. The summed E-state index contributed by atoms with van der Waals surface area (Å²) in [6.45, 7) is 3.48. The molecule has 0 aliphatic rings. The molecule has 3 N–H and O–H groups in total. The minimum absolute atomic E-state index is 0.0623. The quantitative estimate of drug-likeness (QED) is 0.654. The van der Waals surface area contributed by atoms with Crippen LogP contribution in [0.4, 0.5) is 5.13 Å². The van der Waals surface area contributed by atoms with E-state index in [0.717, 1.165) is 11.3 Å². The number of anilines is 1. The number of aromatic nitrogens is 1. The summed E-state index contributed by atoms with van der Waals surface area (Å²) in [6, 6.07) is -0.981. The van der Waals surface area contributed by atoms with Crippen molar-refractivity contribution in [1.82, 2.24) is 10.3 Å². The van der Waals surface area contributed by atoms with Crippen molar-refractivity contribution in [3.05, 3.63) is 11.1 Å². The minimum atomic E-state index is -1.09. The highest BCUT2D eigenvalue weighted by Crippen LogP contribution is 2.16. The van der Waals surface area contributed by atoms with E-state index in [0.29, 0.717) is 6.42 Å². The second kappa shape index (κ2) is 8.44. The molecule has 0 fully saturated rings. The Bertz CT molecular complexity index is 546. The van der Waals surface area contributed by atoms with Gasteiger partial charge in [-0.25, -0.2) is 9.78 Å². The van der Waals surface area contributed by atoms with E-state index in [9.17, 15) is 14.4 Å². The van der Waals surface area contributed by atoms with Crippen molar-refractivity contribution in [2.75, 3.05) is 19.0 Å². The standard InChI is InChI=1S/C13H19N3O5S/c1-4-7(2)10(12(19)20)16-11(18)8-6-22-13(14-8)15-9(17)5-21-3/h6-7,10H,4-5H2,1-3H3,(H,16,18)(H,19,20)(H,14,15,17). The molecule has 1 aromatic heterocycles. The van der Waals surface area contributed by atoms with Gasteiger partial charge in [0.1, 0.15) is 18.3 Å². The van der Waals surface area contributed by atoms with Crippen LogP contribution in [0.3, 0.4) is 0 Å². The minimum Gasteiger partial charge on any atom is -0.480 e. The molecule has 1 heterocycles. The van der Waals surface area contributed by atoms with E-state index in [1.807, 2.05) is 6.92 Å². The lowest BCUT2D eigenvalue weighted by Crippen LogP contribution is -2.45. The summed E-state index contributed by atoms with van der Waals surface area (Å²) in [4.78, 5) is 38.5. The number of hydrogen-bond acceptors (Lipinski definition) is 6. The van der Waals surface area contributed by atoms with Crippen LogP contribution in [0.1, 0.15) is 30.8 Å². The first kappa shape index (κ1) is 18.1. The summed E-state index contributed by atoms with van der Waals surface area (Å²) < 4.78 is 4.67. The van der Waals surface area contributed by atoms with Gasteiger partial charge < -0.3 is 15.2 Å². The molecule has 0 aliphatic heterocycles. The van der Waals surface area contributed by atoms with Gasteiger partial charge in [0, 0.05) is 12.5 Å². The number of carbonyl (C=O) groups is 3. The van der Waals surface area contributed by atoms with Gasteiger partial charge in [-0.05, 0) is 5.92 Å². The summed E-state index contributed by atoms with van der Waals surface area (Å²) in [7, 11) is 1.39. The fourth-order valence-electron chi connectivity index (χ4n) is 1.62. The fraction of sp³-hybridized carbons (Fsp3) is 0.538. The van der Waals surface area contributed by atoms with Gasteiger partial charge >= 0.3 is 5.97 Å². The third-order valence-corrected chi connectivity index (χ3v) is 3.78. The Morgan fingerprint density at radius 1 is 1.45 bits per heavy atom. The molecule has 0 spiro atoms. The summed E-state index contributed by atoms with van der Waals surface area (Å²) in [5.41, 5.74) is 0.0623. The van der Waals surface area contributed by atoms with E-state index in [1.165, 1.54) is 12.5 Å². The van der Waals surface area contributed by atoms with E-state index < -0.39 is 17.9 Å². The first-order valence-electron chi connectivity index (χ1n) is 6.67. The molecule has 9 heteroatoms. The highest BCUT2D eigenvalue weighted by molar-refractivity contribution is 7.14. The second-order valence-electron chi connectivity index (χ2n) is 4.69. The summed E-state index contributed by atoms with van der Waals surface area (Å²) >= 11 is 1.07. The summed E-state index contributed by atoms with van der Waals surface area (Å²) in [5.74, 6) is -2.27. The molecule has 1 rings (SSSR count). The number of thiazole rings is 1. The Labute approximate surface area is 131 Å². The number of aliphatic carboxylic acids is 1. The number of carboxylic acid groups (broad SMARTS) is 1. The zero-order valence-electron chi connectivity index (χ0n) is 12.6.